The van der Waals surface area contributed by atoms with Crippen LogP contribution >= 0.6 is 0 Å². The first-order chi connectivity index (χ1) is 14.3. The Morgan fingerprint density at radius 2 is 1.87 bits per heavy atom. The van der Waals surface area contributed by atoms with Crippen molar-refractivity contribution in [2.45, 2.75) is 33.2 Å². The van der Waals surface area contributed by atoms with Crippen LogP contribution in [-0.2, 0) is 23.0 Å². The summed E-state index contributed by atoms with van der Waals surface area (Å²) in [5.41, 5.74) is 5.62. The summed E-state index contributed by atoms with van der Waals surface area (Å²) in [6, 6.07) is 14.3. The Balaban J connectivity index is 2.08. The van der Waals surface area contributed by atoms with Gasteiger partial charge >= 0.3 is 0 Å². The second-order valence-corrected chi connectivity index (χ2v) is 9.22. The number of hydrogen-bond donors (Lipinski definition) is 1. The van der Waals surface area contributed by atoms with Crippen molar-refractivity contribution in [3.05, 3.63) is 53.1 Å². The number of fused-ring (bicyclic) bond motifs is 1. The van der Waals surface area contributed by atoms with Gasteiger partial charge in [-0.05, 0) is 43.0 Å². The SMILES string of the molecule is CCCn1c(-c2ccc(CCNS(C)(=O)=O)cc2)c(C#N)c2ccc(OC)c(C)c21. The predicted octanol–water partition coefficient (Wildman–Crippen LogP) is 4.00. The zero-order valence-corrected chi connectivity index (χ0v) is 18.6. The number of aryl methyl sites for hydroxylation is 2. The molecule has 0 amide bonds. The Morgan fingerprint density at radius 3 is 2.43 bits per heavy atom. The van der Waals surface area contributed by atoms with E-state index in [9.17, 15) is 13.7 Å². The lowest BCUT2D eigenvalue weighted by molar-refractivity contribution is 0.412. The number of aromatic nitrogens is 1. The highest BCUT2D eigenvalue weighted by atomic mass is 32.2. The molecule has 0 fully saturated rings. The molecule has 0 saturated heterocycles. The Bertz CT molecular complexity index is 1200. The van der Waals surface area contributed by atoms with Crippen molar-refractivity contribution in [1.29, 1.82) is 5.26 Å². The molecule has 0 aliphatic heterocycles. The van der Waals surface area contributed by atoms with Gasteiger partial charge in [0.25, 0.3) is 0 Å². The van der Waals surface area contributed by atoms with E-state index in [0.29, 0.717) is 18.5 Å². The van der Waals surface area contributed by atoms with Crippen molar-refractivity contribution in [3.8, 4) is 23.1 Å². The van der Waals surface area contributed by atoms with Crippen LogP contribution in [0.25, 0.3) is 22.2 Å². The largest absolute Gasteiger partial charge is 0.496 e. The van der Waals surface area contributed by atoms with Crippen LogP contribution in [0.5, 0.6) is 5.75 Å². The van der Waals surface area contributed by atoms with E-state index in [0.717, 1.165) is 58.3 Å². The van der Waals surface area contributed by atoms with Crippen LogP contribution in [0.1, 0.15) is 30.0 Å². The second kappa shape index (κ2) is 8.90. The van der Waals surface area contributed by atoms with Crippen LogP contribution in [0.4, 0.5) is 0 Å². The molecule has 3 aromatic rings. The summed E-state index contributed by atoms with van der Waals surface area (Å²) in [5.74, 6) is 0.808. The molecular formula is C23H27N3O3S. The van der Waals surface area contributed by atoms with Crippen LogP contribution < -0.4 is 9.46 Å². The zero-order chi connectivity index (χ0) is 21.9. The maximum atomic E-state index is 11.2. The van der Waals surface area contributed by atoms with Gasteiger partial charge in [0.2, 0.25) is 10.0 Å². The summed E-state index contributed by atoms with van der Waals surface area (Å²) >= 11 is 0. The highest BCUT2D eigenvalue weighted by Crippen LogP contribution is 2.38. The topological polar surface area (TPSA) is 84.1 Å². The third-order valence-corrected chi connectivity index (χ3v) is 5.94. The number of methoxy groups -OCH3 is 1. The number of nitrogens with one attached hydrogen (secondary N) is 1. The monoisotopic (exact) mass is 425 g/mol. The molecule has 0 aliphatic carbocycles. The molecule has 0 bridgehead atoms. The minimum Gasteiger partial charge on any atom is -0.496 e. The van der Waals surface area contributed by atoms with E-state index in [-0.39, 0.29) is 0 Å². The lowest BCUT2D eigenvalue weighted by atomic mass is 10.0. The number of hydrogen-bond acceptors (Lipinski definition) is 4. The van der Waals surface area contributed by atoms with E-state index in [2.05, 4.69) is 22.3 Å². The highest BCUT2D eigenvalue weighted by molar-refractivity contribution is 7.88. The molecule has 0 atom stereocenters. The summed E-state index contributed by atoms with van der Waals surface area (Å²) in [5, 5.41) is 10.9. The third kappa shape index (κ3) is 4.35. The number of sulfonamides is 1. The number of nitrogens with zero attached hydrogens (tertiary/aromatic N) is 2. The van der Waals surface area contributed by atoms with Gasteiger partial charge < -0.3 is 9.30 Å². The number of nitriles is 1. The first kappa shape index (κ1) is 21.9. The minimum atomic E-state index is -3.19. The summed E-state index contributed by atoms with van der Waals surface area (Å²) in [6.45, 7) is 5.30. The van der Waals surface area contributed by atoms with Gasteiger partial charge in [-0.15, -0.1) is 0 Å². The van der Waals surface area contributed by atoms with Crippen LogP contribution in [0.2, 0.25) is 0 Å². The first-order valence-corrected chi connectivity index (χ1v) is 11.8. The summed E-state index contributed by atoms with van der Waals surface area (Å²) < 4.78 is 32.7. The van der Waals surface area contributed by atoms with Gasteiger partial charge in [-0.1, -0.05) is 31.2 Å². The van der Waals surface area contributed by atoms with E-state index in [1.165, 1.54) is 0 Å². The summed E-state index contributed by atoms with van der Waals surface area (Å²) in [6.07, 6.45) is 2.70. The molecular weight excluding hydrogens is 398 g/mol. The summed E-state index contributed by atoms with van der Waals surface area (Å²) in [4.78, 5) is 0. The van der Waals surface area contributed by atoms with E-state index >= 15 is 0 Å². The van der Waals surface area contributed by atoms with Crippen molar-refractivity contribution < 1.29 is 13.2 Å². The fourth-order valence-electron chi connectivity index (χ4n) is 3.90. The molecule has 1 aromatic heterocycles. The predicted molar refractivity (Wildman–Crippen MR) is 120 cm³/mol. The molecule has 1 N–H and O–H groups in total. The first-order valence-electron chi connectivity index (χ1n) is 9.94. The van der Waals surface area contributed by atoms with Gasteiger partial charge in [-0.25, -0.2) is 13.1 Å². The van der Waals surface area contributed by atoms with E-state index in [4.69, 9.17) is 4.74 Å². The normalized spacial score (nSPS) is 11.6. The highest BCUT2D eigenvalue weighted by Gasteiger charge is 2.21. The van der Waals surface area contributed by atoms with Crippen LogP contribution in [0.3, 0.4) is 0 Å². The quantitative estimate of drug-likeness (QED) is 0.591. The van der Waals surface area contributed by atoms with Crippen molar-refractivity contribution in [3.63, 3.8) is 0 Å². The lowest BCUT2D eigenvalue weighted by Gasteiger charge is -2.13. The Kier molecular flexibility index (Phi) is 6.49. The minimum absolute atomic E-state index is 0.358. The third-order valence-electron chi connectivity index (χ3n) is 5.21. The van der Waals surface area contributed by atoms with Crippen LogP contribution in [0, 0.1) is 18.3 Å². The average molecular weight is 426 g/mol. The number of benzene rings is 2. The fraction of sp³-hybridized carbons (Fsp3) is 0.348. The molecule has 30 heavy (non-hydrogen) atoms. The Morgan fingerprint density at radius 1 is 1.17 bits per heavy atom. The zero-order valence-electron chi connectivity index (χ0n) is 17.8. The second-order valence-electron chi connectivity index (χ2n) is 7.39. The maximum absolute atomic E-state index is 11.2. The van der Waals surface area contributed by atoms with Crippen molar-refractivity contribution >= 4 is 20.9 Å². The smallest absolute Gasteiger partial charge is 0.208 e. The Labute approximate surface area is 178 Å². The molecule has 7 heteroatoms. The molecule has 6 nitrogen and oxygen atoms in total. The van der Waals surface area contributed by atoms with Gasteiger partial charge in [0, 0.05) is 24.0 Å². The summed E-state index contributed by atoms with van der Waals surface area (Å²) in [7, 11) is -1.53. The number of rotatable bonds is 8. The van der Waals surface area contributed by atoms with Crippen molar-refractivity contribution in [2.75, 3.05) is 19.9 Å². The molecule has 158 valence electrons. The van der Waals surface area contributed by atoms with E-state index in [1.54, 1.807) is 7.11 Å². The molecule has 0 spiro atoms. The average Bonchev–Trinajstić information content (AvgIpc) is 3.02. The van der Waals surface area contributed by atoms with Gasteiger partial charge in [0.05, 0.1) is 30.1 Å². The van der Waals surface area contributed by atoms with Gasteiger partial charge in [-0.2, -0.15) is 5.26 Å². The van der Waals surface area contributed by atoms with Crippen molar-refractivity contribution in [1.82, 2.24) is 9.29 Å². The molecule has 3 rings (SSSR count). The molecule has 1 heterocycles. The molecule has 0 unspecified atom stereocenters. The van der Waals surface area contributed by atoms with Gasteiger partial charge in [0.1, 0.15) is 11.8 Å². The fourth-order valence-corrected chi connectivity index (χ4v) is 4.37. The lowest BCUT2D eigenvalue weighted by Crippen LogP contribution is -2.24. The molecule has 0 saturated carbocycles. The van der Waals surface area contributed by atoms with Crippen molar-refractivity contribution in [2.24, 2.45) is 0 Å². The Hall–Kier alpha value is -2.82. The number of ether oxygens (including phenoxy) is 1. The maximum Gasteiger partial charge on any atom is 0.208 e. The van der Waals surface area contributed by atoms with E-state index in [1.807, 2.05) is 43.3 Å². The molecule has 2 aromatic carbocycles. The molecule has 0 radical (unpaired) electrons. The van der Waals surface area contributed by atoms with Gasteiger partial charge in [-0.3, -0.25) is 0 Å². The standard InChI is InChI=1S/C23H27N3O3S/c1-5-14-26-22-16(2)21(29-3)11-10-19(22)20(15-24)23(26)18-8-6-17(7-9-18)12-13-25-30(4,27)28/h6-11,25H,5,12-14H2,1-4H3. The van der Waals surface area contributed by atoms with Crippen LogP contribution in [0.15, 0.2) is 36.4 Å². The molecule has 0 aliphatic rings. The van der Waals surface area contributed by atoms with Gasteiger partial charge in [0.15, 0.2) is 0 Å². The van der Waals surface area contributed by atoms with Crippen LogP contribution in [-0.4, -0.2) is 32.9 Å². The van der Waals surface area contributed by atoms with E-state index < -0.39 is 10.0 Å².